The Morgan fingerprint density at radius 1 is 1.21 bits per heavy atom. The molecule has 1 aromatic rings. The number of amides is 7. The van der Waals surface area contributed by atoms with Crippen LogP contribution >= 0.6 is 22.6 Å². The number of nitrogens with zero attached hydrogens (tertiary/aromatic N) is 2. The van der Waals surface area contributed by atoms with Crippen LogP contribution in [0, 0.1) is 3.57 Å². The van der Waals surface area contributed by atoms with Crippen LogP contribution in [0.5, 0.6) is 5.75 Å². The minimum Gasteiger partial charge on any atom is -0.495 e. The fourth-order valence-electron chi connectivity index (χ4n) is 3.12. The van der Waals surface area contributed by atoms with E-state index in [1.165, 1.54) is 12.0 Å². The quantitative estimate of drug-likeness (QED) is 0.254. The molecule has 14 heteroatoms. The number of rotatable bonds is 10. The van der Waals surface area contributed by atoms with Gasteiger partial charge >= 0.3 is 6.03 Å². The van der Waals surface area contributed by atoms with Crippen LogP contribution in [0.4, 0.5) is 10.5 Å². The maximum absolute atomic E-state index is 13.0. The van der Waals surface area contributed by atoms with Crippen molar-refractivity contribution in [3.8, 4) is 5.75 Å². The number of primary amides is 1. The van der Waals surface area contributed by atoms with Crippen LogP contribution in [0.2, 0.25) is 0 Å². The van der Waals surface area contributed by atoms with Crippen LogP contribution < -0.4 is 31.3 Å². The van der Waals surface area contributed by atoms with E-state index in [9.17, 15) is 28.8 Å². The molecule has 7 amide bonds. The number of carbonyl (C=O) groups is 6. The van der Waals surface area contributed by atoms with E-state index < -0.39 is 61.2 Å². The van der Waals surface area contributed by atoms with Crippen molar-refractivity contribution in [3.05, 3.63) is 21.8 Å². The van der Waals surface area contributed by atoms with E-state index in [2.05, 4.69) is 38.5 Å². The summed E-state index contributed by atoms with van der Waals surface area (Å²) in [7, 11) is 1.47. The first-order chi connectivity index (χ1) is 16.0. The lowest BCUT2D eigenvalue weighted by atomic mass is 10.2. The second-order valence-corrected chi connectivity index (χ2v) is 8.47. The molecule has 5 N–H and O–H groups in total. The van der Waals surface area contributed by atoms with Crippen molar-refractivity contribution in [1.82, 2.24) is 20.9 Å². The summed E-state index contributed by atoms with van der Waals surface area (Å²) >= 11 is 2.09. The molecule has 2 rings (SSSR count). The molecule has 0 saturated carbocycles. The molecule has 184 valence electrons. The Hall–Kier alpha value is -3.43. The van der Waals surface area contributed by atoms with Gasteiger partial charge in [-0.1, -0.05) is 0 Å². The number of halogens is 1. The van der Waals surface area contributed by atoms with Crippen molar-refractivity contribution in [2.75, 3.05) is 31.8 Å². The van der Waals surface area contributed by atoms with Gasteiger partial charge in [0, 0.05) is 23.5 Å². The predicted molar refractivity (Wildman–Crippen MR) is 127 cm³/mol. The van der Waals surface area contributed by atoms with Gasteiger partial charge in [-0.3, -0.25) is 28.9 Å². The highest BCUT2D eigenvalue weighted by Gasteiger charge is 2.34. The van der Waals surface area contributed by atoms with E-state index in [1.54, 1.807) is 12.1 Å². The Kier molecular flexibility index (Phi) is 9.58. The number of hydrogen-bond donors (Lipinski definition) is 4. The average Bonchev–Trinajstić information content (AvgIpc) is 2.76. The number of imide groups is 1. The molecule has 0 aliphatic carbocycles. The summed E-state index contributed by atoms with van der Waals surface area (Å²) in [5.74, 6) is -2.86. The third-order valence-corrected chi connectivity index (χ3v) is 5.37. The average molecular weight is 588 g/mol. The number of carbonyl (C=O) groups excluding carboxylic acids is 6. The number of hydrogen-bond acceptors (Lipinski definition) is 7. The third kappa shape index (κ3) is 7.29. The molecule has 1 aromatic carbocycles. The van der Waals surface area contributed by atoms with Gasteiger partial charge in [-0.05, 0) is 40.8 Å². The molecule has 1 aliphatic heterocycles. The smallest absolute Gasteiger partial charge is 0.332 e. The molecule has 1 atom stereocenters. The largest absolute Gasteiger partial charge is 0.495 e. The lowest BCUT2D eigenvalue weighted by Crippen LogP contribution is -2.56. The van der Waals surface area contributed by atoms with Crippen LogP contribution in [0.25, 0.3) is 0 Å². The first-order valence-corrected chi connectivity index (χ1v) is 11.2. The number of ether oxygens (including phenoxy) is 1. The zero-order chi connectivity index (χ0) is 25.4. The maximum atomic E-state index is 13.0. The number of nitrogens with two attached hydrogens (primary N) is 1. The maximum Gasteiger partial charge on any atom is 0.332 e. The van der Waals surface area contributed by atoms with E-state index in [0.29, 0.717) is 11.4 Å². The van der Waals surface area contributed by atoms with Crippen molar-refractivity contribution in [3.63, 3.8) is 0 Å². The molecule has 1 aliphatic rings. The zero-order valence-electron chi connectivity index (χ0n) is 18.6. The second kappa shape index (κ2) is 12.2. The number of anilines is 1. The topological polar surface area (TPSA) is 180 Å². The van der Waals surface area contributed by atoms with E-state index in [0.717, 1.165) is 15.4 Å². The predicted octanol–water partition coefficient (Wildman–Crippen LogP) is -0.971. The number of methoxy groups -OCH3 is 1. The number of benzene rings is 1. The van der Waals surface area contributed by atoms with Crippen LogP contribution in [0.3, 0.4) is 0 Å². The van der Waals surface area contributed by atoms with Gasteiger partial charge in [0.05, 0.1) is 25.8 Å². The summed E-state index contributed by atoms with van der Waals surface area (Å²) in [6, 6.07) is 3.41. The number of nitrogens with one attached hydrogen (secondary N) is 3. The van der Waals surface area contributed by atoms with Gasteiger partial charge in [-0.2, -0.15) is 0 Å². The van der Waals surface area contributed by atoms with E-state index in [1.807, 2.05) is 6.07 Å². The fraction of sp³-hybridized carbons (Fsp3) is 0.400. The summed E-state index contributed by atoms with van der Waals surface area (Å²) < 4.78 is 6.18. The summed E-state index contributed by atoms with van der Waals surface area (Å²) in [6.07, 6.45) is -0.403. The Bertz CT molecular complexity index is 986. The Morgan fingerprint density at radius 3 is 2.53 bits per heavy atom. The van der Waals surface area contributed by atoms with Crippen molar-refractivity contribution in [2.24, 2.45) is 5.73 Å². The molecule has 1 heterocycles. The van der Waals surface area contributed by atoms with Crippen molar-refractivity contribution >= 4 is 63.8 Å². The molecule has 1 fully saturated rings. The summed E-state index contributed by atoms with van der Waals surface area (Å²) in [6.45, 7) is 0.388. The Balaban J connectivity index is 1.97. The molecule has 0 aromatic heterocycles. The molecule has 1 saturated heterocycles. The first kappa shape index (κ1) is 26.8. The van der Waals surface area contributed by atoms with E-state index in [-0.39, 0.29) is 13.0 Å². The monoisotopic (exact) mass is 588 g/mol. The van der Waals surface area contributed by atoms with Gasteiger partial charge in [-0.25, -0.2) is 9.69 Å². The zero-order valence-corrected chi connectivity index (χ0v) is 20.7. The number of urea groups is 1. The minimum atomic E-state index is -1.23. The Labute approximate surface area is 208 Å². The Morgan fingerprint density at radius 2 is 1.91 bits per heavy atom. The highest BCUT2D eigenvalue weighted by Crippen LogP contribution is 2.32. The van der Waals surface area contributed by atoms with Crippen LogP contribution in [0.15, 0.2) is 18.2 Å². The molecule has 0 unspecified atom stereocenters. The molecular weight excluding hydrogens is 563 g/mol. The minimum absolute atomic E-state index is 0.0402. The first-order valence-electron chi connectivity index (χ1n) is 10.1. The van der Waals surface area contributed by atoms with Crippen LogP contribution in [0.1, 0.15) is 19.8 Å². The van der Waals surface area contributed by atoms with Crippen LogP contribution in [-0.4, -0.2) is 73.4 Å². The summed E-state index contributed by atoms with van der Waals surface area (Å²) in [5, 5.41) is 6.93. The molecule has 34 heavy (non-hydrogen) atoms. The normalized spacial score (nSPS) is 14.3. The van der Waals surface area contributed by atoms with Gasteiger partial charge in [0.25, 0.3) is 0 Å². The third-order valence-electron chi connectivity index (χ3n) is 4.70. The molecule has 13 nitrogen and oxygen atoms in total. The molecule has 0 radical (unpaired) electrons. The van der Waals surface area contributed by atoms with E-state index in [4.69, 9.17) is 10.5 Å². The van der Waals surface area contributed by atoms with Crippen molar-refractivity contribution in [2.45, 2.75) is 25.8 Å². The van der Waals surface area contributed by atoms with Crippen molar-refractivity contribution < 1.29 is 33.5 Å². The highest BCUT2D eigenvalue weighted by molar-refractivity contribution is 14.1. The lowest BCUT2D eigenvalue weighted by molar-refractivity contribution is -0.132. The standard InChI is InChI=1S/C20H25IN6O7/c1-11(28)25-13(8-16(22)29)19(32)23-9-17(30)24-10-27-18(31)5-6-26(20(27)33)14-7-12(21)3-4-15(14)34-2/h3-4,7,13H,5-6,8-10H2,1-2H3,(H2,22,29)(H,23,32)(H,24,30)(H,25,28)/t13-/m0/s1. The van der Waals surface area contributed by atoms with Gasteiger partial charge in [0.1, 0.15) is 18.5 Å². The lowest BCUT2D eigenvalue weighted by Gasteiger charge is -2.34. The second-order valence-electron chi connectivity index (χ2n) is 7.22. The van der Waals surface area contributed by atoms with Gasteiger partial charge in [-0.15, -0.1) is 0 Å². The van der Waals surface area contributed by atoms with Crippen molar-refractivity contribution in [1.29, 1.82) is 0 Å². The fourth-order valence-corrected chi connectivity index (χ4v) is 3.59. The van der Waals surface area contributed by atoms with E-state index >= 15 is 0 Å². The SMILES string of the molecule is COc1ccc(I)cc1N1CCC(=O)N(CNC(=O)CNC(=O)[C@H](CC(N)=O)NC(C)=O)C1=O. The molecule has 0 bridgehead atoms. The van der Waals surface area contributed by atoms with Crippen LogP contribution in [-0.2, 0) is 24.0 Å². The highest BCUT2D eigenvalue weighted by atomic mass is 127. The summed E-state index contributed by atoms with van der Waals surface area (Å²) in [5.41, 5.74) is 5.56. The summed E-state index contributed by atoms with van der Waals surface area (Å²) in [4.78, 5) is 74.2. The van der Waals surface area contributed by atoms with Gasteiger partial charge in [0.2, 0.25) is 29.5 Å². The van der Waals surface area contributed by atoms with Gasteiger partial charge in [0.15, 0.2) is 0 Å². The van der Waals surface area contributed by atoms with Gasteiger partial charge < -0.3 is 26.4 Å². The molecule has 0 spiro atoms. The molecular formula is C20H25IN6O7.